The molecule has 3 atom stereocenters. The molecule has 1 saturated carbocycles. The molecular formula is C17H32O. The van der Waals surface area contributed by atoms with Crippen molar-refractivity contribution in [2.45, 2.75) is 84.7 Å². The van der Waals surface area contributed by atoms with E-state index in [4.69, 9.17) is 4.74 Å². The maximum Gasteiger partial charge on any atom is 0.0687 e. The molecule has 2 aliphatic rings. The molecule has 1 heteroatoms. The van der Waals surface area contributed by atoms with E-state index in [1.165, 1.54) is 51.4 Å². The number of fused-ring (bicyclic) bond motifs is 1. The highest BCUT2D eigenvalue weighted by Gasteiger charge is 2.46. The van der Waals surface area contributed by atoms with Crippen LogP contribution in [0.4, 0.5) is 0 Å². The van der Waals surface area contributed by atoms with Crippen LogP contribution in [0.1, 0.15) is 79.1 Å². The molecule has 18 heavy (non-hydrogen) atoms. The Hall–Kier alpha value is -0.0400. The van der Waals surface area contributed by atoms with Crippen molar-refractivity contribution in [1.29, 1.82) is 0 Å². The average molecular weight is 252 g/mol. The number of rotatable bonds is 0. The molecule has 0 aromatic heterocycles. The van der Waals surface area contributed by atoms with E-state index in [2.05, 4.69) is 27.7 Å². The molecule has 0 spiro atoms. The van der Waals surface area contributed by atoms with Crippen molar-refractivity contribution >= 4 is 0 Å². The highest BCUT2D eigenvalue weighted by molar-refractivity contribution is 4.97. The largest absolute Gasteiger partial charge is 0.375 e. The lowest BCUT2D eigenvalue weighted by Gasteiger charge is -2.51. The minimum Gasteiger partial charge on any atom is -0.375 e. The summed E-state index contributed by atoms with van der Waals surface area (Å²) in [6.07, 6.45) is 10.8. The quantitative estimate of drug-likeness (QED) is 0.576. The summed E-state index contributed by atoms with van der Waals surface area (Å²) in [7, 11) is 0. The summed E-state index contributed by atoms with van der Waals surface area (Å²) in [4.78, 5) is 0. The van der Waals surface area contributed by atoms with Crippen LogP contribution in [-0.2, 0) is 4.74 Å². The lowest BCUT2D eigenvalue weighted by molar-refractivity contribution is -0.141. The third-order valence-corrected chi connectivity index (χ3v) is 5.65. The van der Waals surface area contributed by atoms with Gasteiger partial charge < -0.3 is 4.74 Å². The lowest BCUT2D eigenvalue weighted by Crippen LogP contribution is -2.49. The number of ether oxygens (including phenoxy) is 1. The summed E-state index contributed by atoms with van der Waals surface area (Å²) in [5, 5.41) is 0. The normalized spacial score (nSPS) is 42.0. The highest BCUT2D eigenvalue weighted by atomic mass is 16.5. The minimum atomic E-state index is 0.152. The Kier molecular flexibility index (Phi) is 4.41. The molecule has 1 heterocycles. The van der Waals surface area contributed by atoms with E-state index in [1.54, 1.807) is 0 Å². The molecule has 0 N–H and O–H groups in total. The Morgan fingerprint density at radius 2 is 1.67 bits per heavy atom. The molecule has 0 aromatic rings. The smallest absolute Gasteiger partial charge is 0.0687 e. The van der Waals surface area contributed by atoms with Crippen LogP contribution in [0.2, 0.25) is 0 Å². The fourth-order valence-corrected chi connectivity index (χ4v) is 4.43. The van der Waals surface area contributed by atoms with Crippen LogP contribution in [-0.4, -0.2) is 12.2 Å². The zero-order valence-electron chi connectivity index (χ0n) is 12.9. The molecule has 1 aliphatic heterocycles. The monoisotopic (exact) mass is 252 g/mol. The van der Waals surface area contributed by atoms with Crippen molar-refractivity contribution in [1.82, 2.24) is 0 Å². The standard InChI is InChI=1S/C17H32O/c1-14-8-5-6-13-18-17(4)12-7-11-16(2,3)15(17)10-9-14/h14-15H,5-13H2,1-4H3/t14?,15?,17-/m0/s1. The van der Waals surface area contributed by atoms with Crippen LogP contribution < -0.4 is 0 Å². The predicted octanol–water partition coefficient (Wildman–Crippen LogP) is 5.19. The van der Waals surface area contributed by atoms with E-state index in [1.807, 2.05) is 0 Å². The van der Waals surface area contributed by atoms with E-state index in [0.717, 1.165) is 18.4 Å². The molecule has 0 amide bonds. The molecule has 0 aromatic carbocycles. The summed E-state index contributed by atoms with van der Waals surface area (Å²) < 4.78 is 6.38. The number of hydrogen-bond acceptors (Lipinski definition) is 1. The van der Waals surface area contributed by atoms with Gasteiger partial charge in [0.2, 0.25) is 0 Å². The first-order valence-corrected chi connectivity index (χ1v) is 8.08. The van der Waals surface area contributed by atoms with E-state index < -0.39 is 0 Å². The maximum atomic E-state index is 6.38. The van der Waals surface area contributed by atoms with Crippen molar-refractivity contribution in [2.75, 3.05) is 6.61 Å². The van der Waals surface area contributed by atoms with E-state index >= 15 is 0 Å². The van der Waals surface area contributed by atoms with Crippen LogP contribution in [0, 0.1) is 17.3 Å². The molecule has 1 aliphatic carbocycles. The van der Waals surface area contributed by atoms with Gasteiger partial charge in [-0.25, -0.2) is 0 Å². The Balaban J connectivity index is 2.14. The van der Waals surface area contributed by atoms with E-state index in [0.29, 0.717) is 5.41 Å². The van der Waals surface area contributed by atoms with E-state index in [9.17, 15) is 0 Å². The molecule has 2 fully saturated rings. The van der Waals surface area contributed by atoms with Gasteiger partial charge in [-0.1, -0.05) is 46.5 Å². The van der Waals surface area contributed by atoms with Crippen molar-refractivity contribution in [3.63, 3.8) is 0 Å². The molecule has 2 rings (SSSR count). The van der Waals surface area contributed by atoms with Gasteiger partial charge in [0.05, 0.1) is 5.60 Å². The summed E-state index contributed by atoms with van der Waals surface area (Å²) in [5.41, 5.74) is 0.616. The molecule has 106 valence electrons. The topological polar surface area (TPSA) is 9.23 Å². The van der Waals surface area contributed by atoms with Crippen LogP contribution >= 0.6 is 0 Å². The predicted molar refractivity (Wildman–Crippen MR) is 77.7 cm³/mol. The SMILES string of the molecule is CC1CCCCO[C@@]2(C)CCCC(C)(C)C2CC1. The molecular weight excluding hydrogens is 220 g/mol. The van der Waals surface area contributed by atoms with E-state index in [-0.39, 0.29) is 5.60 Å². The van der Waals surface area contributed by atoms with Gasteiger partial charge in [-0.2, -0.15) is 0 Å². The Morgan fingerprint density at radius 3 is 2.44 bits per heavy atom. The van der Waals surface area contributed by atoms with Gasteiger partial charge in [0.1, 0.15) is 0 Å². The van der Waals surface area contributed by atoms with Crippen molar-refractivity contribution in [2.24, 2.45) is 17.3 Å². The fourth-order valence-electron chi connectivity index (χ4n) is 4.43. The molecule has 0 radical (unpaired) electrons. The summed E-state index contributed by atoms with van der Waals surface area (Å²) in [6, 6.07) is 0. The Bertz CT molecular complexity index is 271. The third kappa shape index (κ3) is 3.10. The lowest BCUT2D eigenvalue weighted by atomic mass is 9.60. The second-order valence-corrected chi connectivity index (χ2v) is 7.73. The zero-order valence-corrected chi connectivity index (χ0v) is 12.9. The van der Waals surface area contributed by atoms with Gasteiger partial charge in [0.25, 0.3) is 0 Å². The minimum absolute atomic E-state index is 0.152. The van der Waals surface area contributed by atoms with Gasteiger partial charge in [0.15, 0.2) is 0 Å². The van der Waals surface area contributed by atoms with Crippen molar-refractivity contribution in [3.05, 3.63) is 0 Å². The van der Waals surface area contributed by atoms with Gasteiger partial charge in [-0.05, 0) is 49.9 Å². The first-order chi connectivity index (χ1) is 8.44. The summed E-state index contributed by atoms with van der Waals surface area (Å²) >= 11 is 0. The molecule has 1 nitrogen and oxygen atoms in total. The first kappa shape index (κ1) is 14.4. The zero-order chi connectivity index (χ0) is 13.2. The Labute approximate surface area is 114 Å². The fraction of sp³-hybridized carbons (Fsp3) is 1.00. The molecule has 2 unspecified atom stereocenters. The van der Waals surface area contributed by atoms with Crippen LogP contribution in [0.3, 0.4) is 0 Å². The van der Waals surface area contributed by atoms with Crippen molar-refractivity contribution < 1.29 is 4.74 Å². The van der Waals surface area contributed by atoms with Crippen LogP contribution in [0.25, 0.3) is 0 Å². The summed E-state index contributed by atoms with van der Waals surface area (Å²) in [6.45, 7) is 10.8. The van der Waals surface area contributed by atoms with Crippen molar-refractivity contribution in [3.8, 4) is 0 Å². The first-order valence-electron chi connectivity index (χ1n) is 8.08. The molecule has 0 bridgehead atoms. The maximum absolute atomic E-state index is 6.38. The van der Waals surface area contributed by atoms with Crippen LogP contribution in [0.15, 0.2) is 0 Å². The summed E-state index contributed by atoms with van der Waals surface area (Å²) in [5.74, 6) is 1.66. The Morgan fingerprint density at radius 1 is 0.889 bits per heavy atom. The van der Waals surface area contributed by atoms with Gasteiger partial charge >= 0.3 is 0 Å². The second kappa shape index (κ2) is 5.53. The second-order valence-electron chi connectivity index (χ2n) is 7.73. The number of hydrogen-bond donors (Lipinski definition) is 0. The third-order valence-electron chi connectivity index (χ3n) is 5.65. The van der Waals surface area contributed by atoms with Gasteiger partial charge in [0, 0.05) is 6.61 Å². The van der Waals surface area contributed by atoms with Gasteiger partial charge in [-0.3, -0.25) is 0 Å². The van der Waals surface area contributed by atoms with Gasteiger partial charge in [-0.15, -0.1) is 0 Å². The molecule has 1 saturated heterocycles. The van der Waals surface area contributed by atoms with Crippen LogP contribution in [0.5, 0.6) is 0 Å². The highest BCUT2D eigenvalue weighted by Crippen LogP contribution is 2.50. The average Bonchev–Trinajstić information content (AvgIpc) is 2.26.